The Hall–Kier alpha value is -3.07. The average Bonchev–Trinajstić information content (AvgIpc) is 3.17. The van der Waals surface area contributed by atoms with E-state index in [9.17, 15) is 5.26 Å². The minimum absolute atomic E-state index is 0.381. The molecule has 148 valence electrons. The number of hydrogen-bond acceptors (Lipinski definition) is 3. The van der Waals surface area contributed by atoms with Crippen LogP contribution in [0, 0.1) is 11.3 Å². The molecule has 0 amide bonds. The molecule has 0 bridgehead atoms. The van der Waals surface area contributed by atoms with E-state index < -0.39 is 7.12 Å². The lowest BCUT2D eigenvalue weighted by Gasteiger charge is -2.32. The summed E-state index contributed by atoms with van der Waals surface area (Å²) in [7, 11) is -0.409. The summed E-state index contributed by atoms with van der Waals surface area (Å²) in [6.07, 6.45) is 0. The second-order valence-electron chi connectivity index (χ2n) is 8.88. The van der Waals surface area contributed by atoms with E-state index in [1.807, 2.05) is 42.5 Å². The van der Waals surface area contributed by atoms with Crippen molar-refractivity contribution >= 4 is 34.4 Å². The molecular formula is C25H23BN2O2. The van der Waals surface area contributed by atoms with E-state index in [1.54, 1.807) is 0 Å². The summed E-state index contributed by atoms with van der Waals surface area (Å²) >= 11 is 0. The van der Waals surface area contributed by atoms with E-state index in [4.69, 9.17) is 9.31 Å². The summed E-state index contributed by atoms with van der Waals surface area (Å²) in [4.78, 5) is 0. The molecule has 30 heavy (non-hydrogen) atoms. The van der Waals surface area contributed by atoms with Gasteiger partial charge in [0.2, 0.25) is 0 Å². The van der Waals surface area contributed by atoms with Crippen molar-refractivity contribution < 1.29 is 9.31 Å². The lowest BCUT2D eigenvalue weighted by molar-refractivity contribution is 0.00578. The molecule has 0 saturated carbocycles. The minimum atomic E-state index is -0.409. The molecule has 1 fully saturated rings. The van der Waals surface area contributed by atoms with Crippen LogP contribution in [-0.4, -0.2) is 22.9 Å². The summed E-state index contributed by atoms with van der Waals surface area (Å²) in [5.74, 6) is 0. The van der Waals surface area contributed by atoms with Gasteiger partial charge in [0.15, 0.2) is 0 Å². The number of nitriles is 1. The third kappa shape index (κ3) is 2.76. The van der Waals surface area contributed by atoms with E-state index in [2.05, 4.69) is 62.6 Å². The molecule has 1 aliphatic heterocycles. The zero-order chi connectivity index (χ0) is 21.1. The lowest BCUT2D eigenvalue weighted by Crippen LogP contribution is -2.41. The van der Waals surface area contributed by atoms with Crippen LogP contribution in [0.3, 0.4) is 0 Å². The predicted octanol–water partition coefficient (Wildman–Crippen LogP) is 4.95. The van der Waals surface area contributed by atoms with Crippen molar-refractivity contribution in [3.05, 3.63) is 72.3 Å². The van der Waals surface area contributed by atoms with E-state index >= 15 is 0 Å². The lowest BCUT2D eigenvalue weighted by atomic mass is 9.79. The molecule has 0 atom stereocenters. The van der Waals surface area contributed by atoms with Crippen molar-refractivity contribution in [3.63, 3.8) is 0 Å². The summed E-state index contributed by atoms with van der Waals surface area (Å²) in [6, 6.07) is 24.7. The molecule has 1 aromatic heterocycles. The normalized spacial score (nSPS) is 17.5. The highest BCUT2D eigenvalue weighted by molar-refractivity contribution is 6.62. The van der Waals surface area contributed by atoms with Gasteiger partial charge in [-0.2, -0.15) is 5.26 Å². The third-order valence-electron chi connectivity index (χ3n) is 6.46. The molecule has 0 radical (unpaired) electrons. The zero-order valence-electron chi connectivity index (χ0n) is 17.6. The second kappa shape index (κ2) is 6.47. The van der Waals surface area contributed by atoms with Crippen LogP contribution in [-0.2, 0) is 9.31 Å². The maximum Gasteiger partial charge on any atom is 0.494 e. The number of aromatic nitrogens is 1. The van der Waals surface area contributed by atoms with Crippen LogP contribution in [0.2, 0.25) is 0 Å². The summed E-state index contributed by atoms with van der Waals surface area (Å²) < 4.78 is 14.8. The molecule has 4 nitrogen and oxygen atoms in total. The van der Waals surface area contributed by atoms with Crippen LogP contribution in [0.25, 0.3) is 27.5 Å². The van der Waals surface area contributed by atoms with Gasteiger partial charge in [-0.15, -0.1) is 0 Å². The van der Waals surface area contributed by atoms with Crippen molar-refractivity contribution in [2.24, 2.45) is 0 Å². The van der Waals surface area contributed by atoms with Gasteiger partial charge in [-0.1, -0.05) is 30.3 Å². The maximum absolute atomic E-state index is 9.35. The first-order valence-corrected chi connectivity index (χ1v) is 10.2. The molecule has 1 saturated heterocycles. The van der Waals surface area contributed by atoms with Gasteiger partial charge >= 0.3 is 7.12 Å². The van der Waals surface area contributed by atoms with Crippen LogP contribution in [0.5, 0.6) is 0 Å². The molecule has 0 aliphatic carbocycles. The Bertz CT molecular complexity index is 1310. The zero-order valence-corrected chi connectivity index (χ0v) is 17.6. The number of rotatable bonds is 2. The van der Waals surface area contributed by atoms with Crippen molar-refractivity contribution in [3.8, 4) is 11.8 Å². The fourth-order valence-corrected chi connectivity index (χ4v) is 4.11. The van der Waals surface area contributed by atoms with E-state index in [0.717, 1.165) is 33.0 Å². The Labute approximate surface area is 176 Å². The SMILES string of the molecule is CC1(C)OB(c2cccc(-n3c4ccccc4c4cc(C#N)ccc43)c2)OC1(C)C. The quantitative estimate of drug-likeness (QED) is 0.452. The molecule has 0 unspecified atom stereocenters. The first kappa shape index (κ1) is 18.9. The molecule has 5 rings (SSSR count). The van der Waals surface area contributed by atoms with Crippen molar-refractivity contribution in [2.45, 2.75) is 38.9 Å². The Balaban J connectivity index is 1.69. The summed E-state index contributed by atoms with van der Waals surface area (Å²) in [5.41, 5.74) is 4.11. The average molecular weight is 394 g/mol. The van der Waals surface area contributed by atoms with Crippen LogP contribution in [0.15, 0.2) is 66.7 Å². The predicted molar refractivity (Wildman–Crippen MR) is 121 cm³/mol. The van der Waals surface area contributed by atoms with Crippen molar-refractivity contribution in [2.75, 3.05) is 0 Å². The first-order valence-electron chi connectivity index (χ1n) is 10.2. The topological polar surface area (TPSA) is 47.2 Å². The molecule has 3 aromatic carbocycles. The number of para-hydroxylation sites is 1. The fraction of sp³-hybridized carbons (Fsp3) is 0.240. The Morgan fingerprint density at radius 3 is 2.23 bits per heavy atom. The van der Waals surface area contributed by atoms with Crippen molar-refractivity contribution in [1.29, 1.82) is 5.26 Å². The van der Waals surface area contributed by atoms with Crippen LogP contribution in [0.1, 0.15) is 33.3 Å². The Morgan fingerprint density at radius 2 is 1.50 bits per heavy atom. The maximum atomic E-state index is 9.35. The highest BCUT2D eigenvalue weighted by Crippen LogP contribution is 2.37. The van der Waals surface area contributed by atoms with E-state index in [1.165, 1.54) is 0 Å². The standard InChI is InChI=1S/C25H23BN2O2/c1-24(2)25(3,4)30-26(29-24)18-8-7-9-19(15-18)28-22-11-6-5-10-20(22)21-14-17(16-27)12-13-23(21)28/h5-15H,1-4H3. The largest absolute Gasteiger partial charge is 0.494 e. The van der Waals surface area contributed by atoms with Gasteiger partial charge in [-0.3, -0.25) is 0 Å². The smallest absolute Gasteiger partial charge is 0.399 e. The third-order valence-corrected chi connectivity index (χ3v) is 6.46. The van der Waals surface area contributed by atoms with Gasteiger partial charge in [-0.05, 0) is 69.6 Å². The molecule has 2 heterocycles. The van der Waals surface area contributed by atoms with Crippen molar-refractivity contribution in [1.82, 2.24) is 4.57 Å². The number of nitrogens with zero attached hydrogens (tertiary/aromatic N) is 2. The van der Waals surface area contributed by atoms with Gasteiger partial charge in [0, 0.05) is 16.5 Å². The van der Waals surface area contributed by atoms with Gasteiger partial charge in [0.25, 0.3) is 0 Å². The molecule has 5 heteroatoms. The van der Waals surface area contributed by atoms with Gasteiger partial charge < -0.3 is 13.9 Å². The number of fused-ring (bicyclic) bond motifs is 3. The molecular weight excluding hydrogens is 371 g/mol. The second-order valence-corrected chi connectivity index (χ2v) is 8.88. The molecule has 4 aromatic rings. The highest BCUT2D eigenvalue weighted by Gasteiger charge is 2.51. The van der Waals surface area contributed by atoms with Crippen LogP contribution >= 0.6 is 0 Å². The molecule has 1 aliphatic rings. The van der Waals surface area contributed by atoms with Gasteiger partial charge in [0.1, 0.15) is 0 Å². The number of hydrogen-bond donors (Lipinski definition) is 0. The molecule has 0 spiro atoms. The minimum Gasteiger partial charge on any atom is -0.399 e. The Kier molecular flexibility index (Phi) is 4.08. The van der Waals surface area contributed by atoms with Gasteiger partial charge in [-0.25, -0.2) is 0 Å². The van der Waals surface area contributed by atoms with Gasteiger partial charge in [0.05, 0.1) is 33.9 Å². The molecule has 0 N–H and O–H groups in total. The summed E-state index contributed by atoms with van der Waals surface area (Å²) in [5, 5.41) is 11.6. The first-order chi connectivity index (χ1) is 14.3. The Morgan fingerprint density at radius 1 is 0.800 bits per heavy atom. The monoisotopic (exact) mass is 394 g/mol. The van der Waals surface area contributed by atoms with Crippen LogP contribution < -0.4 is 5.46 Å². The fourth-order valence-electron chi connectivity index (χ4n) is 4.11. The number of benzene rings is 3. The van der Waals surface area contributed by atoms with Crippen LogP contribution in [0.4, 0.5) is 0 Å². The van der Waals surface area contributed by atoms with E-state index in [0.29, 0.717) is 5.56 Å². The summed E-state index contributed by atoms with van der Waals surface area (Å²) in [6.45, 7) is 8.26. The van der Waals surface area contributed by atoms with E-state index in [-0.39, 0.29) is 11.2 Å². The highest BCUT2D eigenvalue weighted by atomic mass is 16.7.